The molecule has 1 unspecified atom stereocenters. The van der Waals surface area contributed by atoms with Gasteiger partial charge >= 0.3 is 0 Å². The zero-order chi connectivity index (χ0) is 29.8. The highest BCUT2D eigenvalue weighted by Crippen LogP contribution is 2.44. The number of anilines is 1. The van der Waals surface area contributed by atoms with Crippen molar-refractivity contribution in [1.29, 1.82) is 5.26 Å². The number of fused-ring (bicyclic) bond motifs is 2. The highest BCUT2D eigenvalue weighted by atomic mass is 19.1. The maximum absolute atomic E-state index is 14.0. The van der Waals surface area contributed by atoms with Crippen molar-refractivity contribution in [1.82, 2.24) is 14.5 Å². The molecule has 0 saturated carbocycles. The minimum atomic E-state index is -0.392. The molecule has 2 aromatic carbocycles. The smallest absolute Gasteiger partial charge is 0.271 e. The molecule has 0 N–H and O–H groups in total. The summed E-state index contributed by atoms with van der Waals surface area (Å²) in [6.45, 7) is 15.4. The SMILES string of the molecule is [C-]#[N+]c1ccc2c(n1)c(N1CCN(C(c3ccc(F)cc3)c3cccc4c3OC(C)(C)C4)[C@H](C)C1)c(C#N)c(=O)n2C. The topological polar surface area (TPSA) is 78.8 Å². The summed E-state index contributed by atoms with van der Waals surface area (Å²) in [5, 5.41) is 10.1. The third-order valence-electron chi connectivity index (χ3n) is 8.36. The number of aryl methyl sites for hydroxylation is 1. The molecule has 0 spiro atoms. The average Bonchev–Trinajstić information content (AvgIpc) is 3.30. The highest BCUT2D eigenvalue weighted by molar-refractivity contribution is 5.92. The Labute approximate surface area is 244 Å². The Morgan fingerprint density at radius 2 is 1.93 bits per heavy atom. The maximum Gasteiger partial charge on any atom is 0.271 e. The van der Waals surface area contributed by atoms with Crippen LogP contribution in [0.3, 0.4) is 0 Å². The molecule has 4 aromatic rings. The molecule has 212 valence electrons. The second-order valence-electron chi connectivity index (χ2n) is 11.7. The van der Waals surface area contributed by atoms with Crippen LogP contribution in [0.2, 0.25) is 0 Å². The lowest BCUT2D eigenvalue weighted by molar-refractivity contribution is 0.124. The monoisotopic (exact) mass is 562 g/mol. The van der Waals surface area contributed by atoms with Crippen LogP contribution in [0, 0.1) is 23.7 Å². The van der Waals surface area contributed by atoms with Gasteiger partial charge in [0.1, 0.15) is 34.5 Å². The van der Waals surface area contributed by atoms with Crippen molar-refractivity contribution in [2.24, 2.45) is 7.05 Å². The molecule has 9 heteroatoms. The maximum atomic E-state index is 14.0. The Morgan fingerprint density at radius 1 is 1.17 bits per heavy atom. The van der Waals surface area contributed by atoms with Crippen molar-refractivity contribution in [2.45, 2.75) is 44.9 Å². The number of aromatic nitrogens is 2. The van der Waals surface area contributed by atoms with Gasteiger partial charge in [-0.3, -0.25) is 9.69 Å². The van der Waals surface area contributed by atoms with Gasteiger partial charge in [-0.25, -0.2) is 4.39 Å². The van der Waals surface area contributed by atoms with Crippen LogP contribution >= 0.6 is 0 Å². The third kappa shape index (κ3) is 4.56. The van der Waals surface area contributed by atoms with E-state index >= 15 is 0 Å². The number of halogens is 1. The number of hydrogen-bond acceptors (Lipinski definition) is 6. The Bertz CT molecular complexity index is 1850. The molecule has 0 radical (unpaired) electrons. The van der Waals surface area contributed by atoms with E-state index in [0.717, 1.165) is 28.9 Å². The van der Waals surface area contributed by atoms with E-state index in [4.69, 9.17) is 11.3 Å². The Hall–Kier alpha value is -4.73. The standard InChI is InChI=1S/C33H31FN6O2/c1-20-19-39(30-25(18-35)32(41)38(5)26-13-14-27(36-4)37-28(26)30)15-16-40(20)29(21-9-11-23(34)12-10-21)24-8-6-7-22-17-33(2,3)42-31(22)24/h6-14,20,29H,15-17,19H2,1-3,5H3/t20-,29?/m1/s1. The predicted molar refractivity (Wildman–Crippen MR) is 159 cm³/mol. The lowest BCUT2D eigenvalue weighted by Crippen LogP contribution is -2.53. The fourth-order valence-corrected chi connectivity index (χ4v) is 6.46. The van der Waals surface area contributed by atoms with Crippen molar-refractivity contribution >= 4 is 22.5 Å². The van der Waals surface area contributed by atoms with Crippen LogP contribution in [-0.4, -0.2) is 45.7 Å². The highest BCUT2D eigenvalue weighted by Gasteiger charge is 2.39. The summed E-state index contributed by atoms with van der Waals surface area (Å²) in [5.41, 5.74) is 3.96. The summed E-state index contributed by atoms with van der Waals surface area (Å²) in [7, 11) is 1.62. The fraction of sp³-hybridized carbons (Fsp3) is 0.333. The zero-order valence-corrected chi connectivity index (χ0v) is 24.1. The number of rotatable bonds is 4. The Balaban J connectivity index is 1.43. The molecule has 4 heterocycles. The first-order valence-corrected chi connectivity index (χ1v) is 14.0. The first kappa shape index (κ1) is 27.4. The van der Waals surface area contributed by atoms with Crippen LogP contribution in [0.1, 0.15) is 49.1 Å². The van der Waals surface area contributed by atoms with E-state index in [9.17, 15) is 14.4 Å². The second-order valence-corrected chi connectivity index (χ2v) is 11.7. The number of nitriles is 1. The van der Waals surface area contributed by atoms with Crippen LogP contribution in [0.25, 0.3) is 15.9 Å². The van der Waals surface area contributed by atoms with Crippen LogP contribution in [0.15, 0.2) is 59.4 Å². The van der Waals surface area contributed by atoms with Crippen molar-refractivity contribution in [3.63, 3.8) is 0 Å². The van der Waals surface area contributed by atoms with Crippen molar-refractivity contribution in [3.8, 4) is 11.8 Å². The van der Waals surface area contributed by atoms with E-state index in [1.54, 1.807) is 19.2 Å². The largest absolute Gasteiger partial charge is 0.487 e. The summed E-state index contributed by atoms with van der Waals surface area (Å²) in [5.74, 6) is 0.792. The van der Waals surface area contributed by atoms with Gasteiger partial charge in [-0.2, -0.15) is 5.26 Å². The second kappa shape index (κ2) is 10.3. The van der Waals surface area contributed by atoms with Crippen LogP contribution in [-0.2, 0) is 13.5 Å². The first-order chi connectivity index (χ1) is 20.1. The van der Waals surface area contributed by atoms with Gasteiger partial charge in [-0.15, -0.1) is 4.98 Å². The summed E-state index contributed by atoms with van der Waals surface area (Å²) in [6, 6.07) is 18.1. The van der Waals surface area contributed by atoms with Gasteiger partial charge < -0.3 is 19.0 Å². The Morgan fingerprint density at radius 3 is 2.62 bits per heavy atom. The fourth-order valence-electron chi connectivity index (χ4n) is 6.46. The lowest BCUT2D eigenvalue weighted by Gasteiger charge is -2.45. The minimum absolute atomic E-state index is 0.0203. The zero-order valence-electron chi connectivity index (χ0n) is 24.1. The van der Waals surface area contributed by atoms with E-state index in [0.29, 0.717) is 36.4 Å². The number of benzene rings is 2. The summed E-state index contributed by atoms with van der Waals surface area (Å²) in [4.78, 5) is 25.7. The van der Waals surface area contributed by atoms with Crippen molar-refractivity contribution in [2.75, 3.05) is 24.5 Å². The molecule has 1 saturated heterocycles. The number of piperazine rings is 1. The van der Waals surface area contributed by atoms with Gasteiger partial charge in [-0.1, -0.05) is 36.9 Å². The molecule has 6 rings (SSSR count). The summed E-state index contributed by atoms with van der Waals surface area (Å²) in [6.07, 6.45) is 0.808. The molecular weight excluding hydrogens is 531 g/mol. The molecule has 0 bridgehead atoms. The molecule has 2 aromatic heterocycles. The molecule has 0 aliphatic carbocycles. The van der Waals surface area contributed by atoms with E-state index in [2.05, 4.69) is 59.8 Å². The average molecular weight is 563 g/mol. The van der Waals surface area contributed by atoms with Gasteiger partial charge in [0.15, 0.2) is 0 Å². The summed E-state index contributed by atoms with van der Waals surface area (Å²) < 4.78 is 21.9. The quantitative estimate of drug-likeness (QED) is 0.305. The molecule has 0 amide bonds. The molecule has 42 heavy (non-hydrogen) atoms. The number of ether oxygens (including phenoxy) is 1. The lowest BCUT2D eigenvalue weighted by atomic mass is 9.91. The minimum Gasteiger partial charge on any atom is -0.487 e. The van der Waals surface area contributed by atoms with E-state index in [1.807, 2.05) is 17.0 Å². The van der Waals surface area contributed by atoms with Crippen molar-refractivity contribution in [3.05, 3.63) is 104 Å². The number of para-hydroxylation sites is 1. The first-order valence-electron chi connectivity index (χ1n) is 14.0. The van der Waals surface area contributed by atoms with E-state index in [-0.39, 0.29) is 34.9 Å². The molecule has 8 nitrogen and oxygen atoms in total. The molecule has 1 fully saturated rings. The van der Waals surface area contributed by atoms with Crippen LogP contribution in [0.4, 0.5) is 15.9 Å². The van der Waals surface area contributed by atoms with E-state index < -0.39 is 5.56 Å². The normalized spacial score (nSPS) is 18.6. The van der Waals surface area contributed by atoms with Crippen LogP contribution < -0.4 is 15.2 Å². The molecule has 2 aliphatic heterocycles. The Kier molecular flexibility index (Phi) is 6.71. The van der Waals surface area contributed by atoms with Crippen LogP contribution in [0.5, 0.6) is 5.75 Å². The van der Waals surface area contributed by atoms with Crippen molar-refractivity contribution < 1.29 is 9.13 Å². The van der Waals surface area contributed by atoms with Gasteiger partial charge in [0, 0.05) is 44.7 Å². The predicted octanol–water partition coefficient (Wildman–Crippen LogP) is 5.51. The number of pyridine rings is 2. The number of nitrogens with zero attached hydrogens (tertiary/aromatic N) is 6. The van der Waals surface area contributed by atoms with Gasteiger partial charge in [-0.05, 0) is 56.2 Å². The van der Waals surface area contributed by atoms with Gasteiger partial charge in [0.05, 0.1) is 11.6 Å². The van der Waals surface area contributed by atoms with Gasteiger partial charge in [0.2, 0.25) is 5.52 Å². The third-order valence-corrected chi connectivity index (χ3v) is 8.36. The number of hydrogen-bond donors (Lipinski definition) is 0. The molecule has 2 atom stereocenters. The molecular formula is C33H31FN6O2. The molecule has 2 aliphatic rings. The summed E-state index contributed by atoms with van der Waals surface area (Å²) >= 11 is 0. The van der Waals surface area contributed by atoms with E-state index in [1.165, 1.54) is 16.7 Å². The van der Waals surface area contributed by atoms with Gasteiger partial charge in [0.25, 0.3) is 11.4 Å².